The van der Waals surface area contributed by atoms with E-state index in [1.54, 1.807) is 7.11 Å². The van der Waals surface area contributed by atoms with E-state index < -0.39 is 0 Å². The van der Waals surface area contributed by atoms with Gasteiger partial charge in [-0.25, -0.2) is 4.68 Å². The van der Waals surface area contributed by atoms with Gasteiger partial charge in [-0.3, -0.25) is 0 Å². The lowest BCUT2D eigenvalue weighted by molar-refractivity contribution is 0.118. The highest BCUT2D eigenvalue weighted by Gasteiger charge is 2.40. The van der Waals surface area contributed by atoms with E-state index in [-0.39, 0.29) is 5.54 Å². The number of hydrogen-bond donors (Lipinski definition) is 1. The maximum absolute atomic E-state index is 6.08. The smallest absolute Gasteiger partial charge is 0.184 e. The highest BCUT2D eigenvalue weighted by Crippen LogP contribution is 2.43. The summed E-state index contributed by atoms with van der Waals surface area (Å²) in [6.45, 7) is 2.18. The Morgan fingerprint density at radius 2 is 2.20 bits per heavy atom. The maximum Gasteiger partial charge on any atom is 0.184 e. The Morgan fingerprint density at radius 1 is 1.40 bits per heavy atom. The van der Waals surface area contributed by atoms with Crippen LogP contribution in [0.25, 0.3) is 11.4 Å². The number of methoxy groups -OCH3 is 1. The first kappa shape index (κ1) is 12.9. The van der Waals surface area contributed by atoms with Crippen LogP contribution in [0.1, 0.15) is 32.6 Å². The second-order valence-corrected chi connectivity index (χ2v) is 5.30. The van der Waals surface area contributed by atoms with Crippen LogP contribution in [-0.4, -0.2) is 27.3 Å². The molecule has 1 saturated carbocycles. The summed E-state index contributed by atoms with van der Waals surface area (Å²) >= 11 is 0. The van der Waals surface area contributed by atoms with Crippen LogP contribution < -0.4 is 10.5 Å². The van der Waals surface area contributed by atoms with Crippen LogP contribution in [0.2, 0.25) is 0 Å². The maximum atomic E-state index is 6.08. The molecule has 0 radical (unpaired) electrons. The van der Waals surface area contributed by atoms with E-state index >= 15 is 0 Å². The number of nitrogens with zero attached hydrogens (tertiary/aromatic N) is 4. The first-order chi connectivity index (χ1) is 9.70. The minimum absolute atomic E-state index is 0.0500. The Hall–Kier alpha value is -2.11. The van der Waals surface area contributed by atoms with Crippen LogP contribution in [0.5, 0.6) is 5.75 Å². The van der Waals surface area contributed by atoms with Crippen molar-refractivity contribution in [2.75, 3.05) is 12.8 Å². The minimum Gasteiger partial charge on any atom is -0.497 e. The quantitative estimate of drug-likeness (QED) is 0.864. The molecule has 1 aliphatic carbocycles. The average molecular weight is 273 g/mol. The zero-order chi connectivity index (χ0) is 14.2. The molecule has 2 aromatic rings. The van der Waals surface area contributed by atoms with Gasteiger partial charge in [-0.05, 0) is 54.3 Å². The molecule has 0 unspecified atom stereocenters. The molecule has 0 amide bonds. The fourth-order valence-corrected chi connectivity index (χ4v) is 2.83. The van der Waals surface area contributed by atoms with Crippen molar-refractivity contribution in [2.45, 2.75) is 38.1 Å². The molecule has 106 valence electrons. The van der Waals surface area contributed by atoms with E-state index in [0.717, 1.165) is 36.4 Å². The Labute approximate surface area is 117 Å². The van der Waals surface area contributed by atoms with E-state index in [4.69, 9.17) is 10.5 Å². The Balaban J connectivity index is 2.10. The SMILES string of the molecule is CCC1(n2nnnc2-c2cc(OC)ccc2N)CCC1. The summed E-state index contributed by atoms with van der Waals surface area (Å²) in [5.74, 6) is 1.48. The molecule has 3 rings (SSSR count). The average Bonchev–Trinajstić information content (AvgIpc) is 2.88. The zero-order valence-corrected chi connectivity index (χ0v) is 11.8. The molecule has 20 heavy (non-hydrogen) atoms. The predicted octanol–water partition coefficient (Wildman–Crippen LogP) is 2.22. The molecule has 1 fully saturated rings. The molecule has 0 bridgehead atoms. The minimum atomic E-state index is 0.0500. The lowest BCUT2D eigenvalue weighted by atomic mass is 9.75. The number of aromatic nitrogens is 4. The van der Waals surface area contributed by atoms with Gasteiger partial charge in [-0.1, -0.05) is 6.92 Å². The van der Waals surface area contributed by atoms with Gasteiger partial charge in [0.15, 0.2) is 5.82 Å². The molecular formula is C14H19N5O. The van der Waals surface area contributed by atoms with Gasteiger partial charge in [0.2, 0.25) is 0 Å². The van der Waals surface area contributed by atoms with Gasteiger partial charge in [0.05, 0.1) is 12.6 Å². The van der Waals surface area contributed by atoms with Crippen molar-refractivity contribution in [3.63, 3.8) is 0 Å². The Kier molecular flexibility index (Phi) is 3.08. The van der Waals surface area contributed by atoms with Crippen molar-refractivity contribution in [3.8, 4) is 17.1 Å². The van der Waals surface area contributed by atoms with Gasteiger partial charge in [0, 0.05) is 11.3 Å². The van der Waals surface area contributed by atoms with Gasteiger partial charge in [-0.15, -0.1) is 5.10 Å². The zero-order valence-electron chi connectivity index (χ0n) is 11.8. The standard InChI is InChI=1S/C14H19N5O/c1-3-14(7-4-8-14)19-13(16-17-18-19)11-9-10(20-2)5-6-12(11)15/h5-6,9H,3-4,7-8,15H2,1-2H3. The number of rotatable bonds is 4. The number of hydrogen-bond acceptors (Lipinski definition) is 5. The van der Waals surface area contributed by atoms with E-state index in [1.807, 2.05) is 22.9 Å². The number of nitrogens with two attached hydrogens (primary N) is 1. The lowest BCUT2D eigenvalue weighted by Gasteiger charge is -2.41. The van der Waals surface area contributed by atoms with E-state index in [0.29, 0.717) is 5.69 Å². The number of benzene rings is 1. The highest BCUT2D eigenvalue weighted by molar-refractivity contribution is 5.73. The second kappa shape index (κ2) is 4.77. The first-order valence-corrected chi connectivity index (χ1v) is 6.93. The molecule has 6 nitrogen and oxygen atoms in total. The molecule has 1 heterocycles. The summed E-state index contributed by atoms with van der Waals surface area (Å²) in [7, 11) is 1.64. The monoisotopic (exact) mass is 273 g/mol. The summed E-state index contributed by atoms with van der Waals surface area (Å²) in [6.07, 6.45) is 4.48. The third-order valence-electron chi connectivity index (χ3n) is 4.36. The molecule has 0 atom stereocenters. The second-order valence-electron chi connectivity index (χ2n) is 5.30. The topological polar surface area (TPSA) is 78.8 Å². The molecule has 2 N–H and O–H groups in total. The number of nitrogen functional groups attached to an aromatic ring is 1. The van der Waals surface area contributed by atoms with Gasteiger partial charge in [-0.2, -0.15) is 0 Å². The molecule has 0 spiro atoms. The van der Waals surface area contributed by atoms with E-state index in [1.165, 1.54) is 6.42 Å². The fraction of sp³-hybridized carbons (Fsp3) is 0.500. The molecular weight excluding hydrogens is 254 g/mol. The van der Waals surface area contributed by atoms with Crippen molar-refractivity contribution < 1.29 is 4.74 Å². The Bertz CT molecular complexity index is 612. The molecule has 1 aliphatic rings. The van der Waals surface area contributed by atoms with Crippen LogP contribution in [0.15, 0.2) is 18.2 Å². The van der Waals surface area contributed by atoms with Crippen LogP contribution >= 0.6 is 0 Å². The van der Waals surface area contributed by atoms with Gasteiger partial charge in [0.1, 0.15) is 5.75 Å². The normalized spacial score (nSPS) is 16.7. The van der Waals surface area contributed by atoms with Crippen LogP contribution in [0.4, 0.5) is 5.69 Å². The predicted molar refractivity (Wildman–Crippen MR) is 76.3 cm³/mol. The summed E-state index contributed by atoms with van der Waals surface area (Å²) < 4.78 is 7.21. The molecule has 6 heteroatoms. The molecule has 0 aliphatic heterocycles. The first-order valence-electron chi connectivity index (χ1n) is 6.93. The highest BCUT2D eigenvalue weighted by atomic mass is 16.5. The van der Waals surface area contributed by atoms with E-state index in [2.05, 4.69) is 22.4 Å². The van der Waals surface area contributed by atoms with Crippen molar-refractivity contribution in [1.29, 1.82) is 0 Å². The van der Waals surface area contributed by atoms with Crippen LogP contribution in [0, 0.1) is 0 Å². The van der Waals surface area contributed by atoms with Crippen LogP contribution in [0.3, 0.4) is 0 Å². The van der Waals surface area contributed by atoms with Gasteiger partial charge >= 0.3 is 0 Å². The summed E-state index contributed by atoms with van der Waals surface area (Å²) in [5, 5.41) is 12.3. The van der Waals surface area contributed by atoms with Crippen molar-refractivity contribution >= 4 is 5.69 Å². The van der Waals surface area contributed by atoms with E-state index in [9.17, 15) is 0 Å². The van der Waals surface area contributed by atoms with Gasteiger partial charge < -0.3 is 10.5 Å². The Morgan fingerprint density at radius 3 is 2.80 bits per heavy atom. The molecule has 1 aromatic heterocycles. The number of tetrazole rings is 1. The van der Waals surface area contributed by atoms with Gasteiger partial charge in [0.25, 0.3) is 0 Å². The number of anilines is 1. The molecule has 0 saturated heterocycles. The lowest BCUT2D eigenvalue weighted by Crippen LogP contribution is -2.41. The van der Waals surface area contributed by atoms with Crippen LogP contribution in [-0.2, 0) is 5.54 Å². The number of ether oxygens (including phenoxy) is 1. The third-order valence-corrected chi connectivity index (χ3v) is 4.36. The van der Waals surface area contributed by atoms with Crippen molar-refractivity contribution in [3.05, 3.63) is 18.2 Å². The largest absolute Gasteiger partial charge is 0.497 e. The summed E-state index contributed by atoms with van der Waals surface area (Å²) in [6, 6.07) is 5.55. The van der Waals surface area contributed by atoms with Crippen molar-refractivity contribution in [2.24, 2.45) is 0 Å². The molecule has 1 aromatic carbocycles. The summed E-state index contributed by atoms with van der Waals surface area (Å²) in [5.41, 5.74) is 7.62. The fourth-order valence-electron chi connectivity index (χ4n) is 2.83. The van der Waals surface area contributed by atoms with Crippen molar-refractivity contribution in [1.82, 2.24) is 20.2 Å². The third kappa shape index (κ3) is 1.83. The summed E-state index contributed by atoms with van der Waals surface area (Å²) in [4.78, 5) is 0.